The van der Waals surface area contributed by atoms with Gasteiger partial charge in [-0.15, -0.1) is 0 Å². The Bertz CT molecular complexity index is 668. The number of nitrogens with one attached hydrogen (secondary N) is 1. The maximum atomic E-state index is 13.0. The van der Waals surface area contributed by atoms with Gasteiger partial charge in [-0.3, -0.25) is 14.5 Å². The SMILES string of the molecule is O=C(CN1CCCN(C(=O)CCCCC2CCSS2)CC1)Nc1ccc(F)cc1. The second-order valence-electron chi connectivity index (χ2n) is 7.64. The van der Waals surface area contributed by atoms with Gasteiger partial charge in [-0.25, -0.2) is 4.39 Å². The van der Waals surface area contributed by atoms with Crippen LogP contribution in [0.1, 0.15) is 38.5 Å². The molecule has 0 aromatic heterocycles. The Balaban J connectivity index is 1.33. The number of benzene rings is 1. The molecule has 0 aliphatic carbocycles. The summed E-state index contributed by atoms with van der Waals surface area (Å²) in [5.74, 6) is 1.08. The van der Waals surface area contributed by atoms with Gasteiger partial charge in [0, 0.05) is 49.3 Å². The highest BCUT2D eigenvalue weighted by atomic mass is 33.1. The summed E-state index contributed by atoms with van der Waals surface area (Å²) >= 11 is 0. The van der Waals surface area contributed by atoms with Crippen LogP contribution in [0.15, 0.2) is 24.3 Å². The van der Waals surface area contributed by atoms with Crippen LogP contribution in [-0.4, -0.2) is 65.3 Å². The molecule has 2 aliphatic rings. The molecule has 0 saturated carbocycles. The fraction of sp³-hybridized carbons (Fsp3) is 0.619. The number of carbonyl (C=O) groups is 2. The van der Waals surface area contributed by atoms with Crippen molar-refractivity contribution in [2.75, 3.05) is 43.8 Å². The van der Waals surface area contributed by atoms with Crippen LogP contribution in [0.2, 0.25) is 0 Å². The van der Waals surface area contributed by atoms with Gasteiger partial charge in [-0.1, -0.05) is 28.0 Å². The second-order valence-corrected chi connectivity index (χ2v) is 10.4. The smallest absolute Gasteiger partial charge is 0.238 e. The van der Waals surface area contributed by atoms with Gasteiger partial charge in [0.2, 0.25) is 11.8 Å². The lowest BCUT2D eigenvalue weighted by Crippen LogP contribution is -2.38. The molecule has 1 unspecified atom stereocenters. The predicted octanol–water partition coefficient (Wildman–Crippen LogP) is 4.01. The minimum Gasteiger partial charge on any atom is -0.341 e. The van der Waals surface area contributed by atoms with E-state index >= 15 is 0 Å². The number of nitrogens with zero attached hydrogens (tertiary/aromatic N) is 2. The Morgan fingerprint density at radius 1 is 1.10 bits per heavy atom. The van der Waals surface area contributed by atoms with Gasteiger partial charge in [-0.2, -0.15) is 0 Å². The molecule has 8 heteroatoms. The Hall–Kier alpha value is -1.25. The third-order valence-corrected chi connectivity index (χ3v) is 8.34. The minimum atomic E-state index is -0.322. The fourth-order valence-corrected chi connectivity index (χ4v) is 6.71. The largest absolute Gasteiger partial charge is 0.341 e. The van der Waals surface area contributed by atoms with E-state index in [4.69, 9.17) is 0 Å². The van der Waals surface area contributed by atoms with Crippen LogP contribution >= 0.6 is 21.6 Å². The molecule has 1 N–H and O–H groups in total. The van der Waals surface area contributed by atoms with Crippen LogP contribution in [0, 0.1) is 5.82 Å². The molecule has 29 heavy (non-hydrogen) atoms. The highest BCUT2D eigenvalue weighted by Crippen LogP contribution is 2.39. The average molecular weight is 440 g/mol. The van der Waals surface area contributed by atoms with Crippen molar-refractivity contribution in [1.29, 1.82) is 0 Å². The zero-order valence-corrected chi connectivity index (χ0v) is 18.4. The number of rotatable bonds is 8. The molecule has 5 nitrogen and oxygen atoms in total. The molecular formula is C21H30FN3O2S2. The molecule has 1 atom stereocenters. The summed E-state index contributed by atoms with van der Waals surface area (Å²) in [7, 11) is 3.97. The Morgan fingerprint density at radius 2 is 1.93 bits per heavy atom. The van der Waals surface area contributed by atoms with Crippen LogP contribution in [0.25, 0.3) is 0 Å². The molecule has 160 valence electrons. The molecule has 0 radical (unpaired) electrons. The molecule has 1 aromatic carbocycles. The van der Waals surface area contributed by atoms with Crippen molar-refractivity contribution in [3.63, 3.8) is 0 Å². The fourth-order valence-electron chi connectivity index (χ4n) is 3.69. The van der Waals surface area contributed by atoms with E-state index in [2.05, 4.69) is 10.2 Å². The molecule has 1 aromatic rings. The lowest BCUT2D eigenvalue weighted by molar-refractivity contribution is -0.131. The van der Waals surface area contributed by atoms with Crippen LogP contribution in [0.5, 0.6) is 0 Å². The summed E-state index contributed by atoms with van der Waals surface area (Å²) in [4.78, 5) is 28.8. The van der Waals surface area contributed by atoms with Crippen molar-refractivity contribution in [1.82, 2.24) is 9.80 Å². The van der Waals surface area contributed by atoms with Crippen molar-refractivity contribution in [2.24, 2.45) is 0 Å². The molecule has 2 heterocycles. The van der Waals surface area contributed by atoms with Crippen molar-refractivity contribution in [2.45, 2.75) is 43.8 Å². The van der Waals surface area contributed by atoms with Crippen LogP contribution in [-0.2, 0) is 9.59 Å². The topological polar surface area (TPSA) is 52.7 Å². The van der Waals surface area contributed by atoms with Gasteiger partial charge < -0.3 is 10.2 Å². The number of amides is 2. The average Bonchev–Trinajstić information content (AvgIpc) is 3.12. The van der Waals surface area contributed by atoms with Gasteiger partial charge >= 0.3 is 0 Å². The van der Waals surface area contributed by atoms with Gasteiger partial charge in [0.05, 0.1) is 6.54 Å². The normalized spacial score (nSPS) is 20.4. The van der Waals surface area contributed by atoms with Gasteiger partial charge in [0.1, 0.15) is 5.82 Å². The summed E-state index contributed by atoms with van der Waals surface area (Å²) in [6, 6.07) is 5.77. The molecule has 2 saturated heterocycles. The number of carbonyl (C=O) groups excluding carboxylic acids is 2. The molecule has 3 rings (SSSR count). The number of unbranched alkanes of at least 4 members (excludes halogenated alkanes) is 1. The lowest BCUT2D eigenvalue weighted by Gasteiger charge is -2.22. The zero-order chi connectivity index (χ0) is 20.5. The maximum Gasteiger partial charge on any atom is 0.238 e. The molecule has 0 bridgehead atoms. The summed E-state index contributed by atoms with van der Waals surface area (Å²) in [5, 5.41) is 3.58. The minimum absolute atomic E-state index is 0.112. The van der Waals surface area contributed by atoms with Crippen molar-refractivity contribution >= 4 is 39.1 Å². The van der Waals surface area contributed by atoms with Crippen molar-refractivity contribution < 1.29 is 14.0 Å². The Morgan fingerprint density at radius 3 is 2.69 bits per heavy atom. The zero-order valence-electron chi connectivity index (χ0n) is 16.8. The highest BCUT2D eigenvalue weighted by Gasteiger charge is 2.21. The Labute approximate surface area is 180 Å². The van der Waals surface area contributed by atoms with Gasteiger partial charge in [0.15, 0.2) is 0 Å². The van der Waals surface area contributed by atoms with Crippen molar-refractivity contribution in [3.8, 4) is 0 Å². The van der Waals surface area contributed by atoms with E-state index in [1.807, 2.05) is 26.5 Å². The van der Waals surface area contributed by atoms with Crippen molar-refractivity contribution in [3.05, 3.63) is 30.1 Å². The van der Waals surface area contributed by atoms with Crippen LogP contribution < -0.4 is 5.32 Å². The number of hydrogen-bond donors (Lipinski definition) is 1. The standard InChI is InChI=1S/C21H30FN3O2S2/c22-17-6-8-18(9-7-17)23-20(26)16-24-11-3-12-25(14-13-24)21(27)5-2-1-4-19-10-15-28-29-19/h6-9,19H,1-5,10-16H2,(H,23,26). The molecule has 0 spiro atoms. The number of hydrogen-bond acceptors (Lipinski definition) is 5. The summed E-state index contributed by atoms with van der Waals surface area (Å²) in [5.41, 5.74) is 0.595. The molecule has 2 fully saturated rings. The summed E-state index contributed by atoms with van der Waals surface area (Å²) in [6.45, 7) is 3.24. The van der Waals surface area contributed by atoms with E-state index in [0.29, 0.717) is 25.2 Å². The van der Waals surface area contributed by atoms with Gasteiger partial charge in [0.25, 0.3) is 0 Å². The first-order chi connectivity index (χ1) is 14.1. The van der Waals surface area contributed by atoms with E-state index in [-0.39, 0.29) is 24.2 Å². The number of halogens is 1. The van der Waals surface area contributed by atoms with E-state index in [9.17, 15) is 14.0 Å². The monoisotopic (exact) mass is 439 g/mol. The van der Waals surface area contributed by atoms with Gasteiger partial charge in [-0.05, 0) is 49.9 Å². The lowest BCUT2D eigenvalue weighted by atomic mass is 10.1. The van der Waals surface area contributed by atoms with E-state index < -0.39 is 0 Å². The van der Waals surface area contributed by atoms with Crippen LogP contribution in [0.4, 0.5) is 10.1 Å². The summed E-state index contributed by atoms with van der Waals surface area (Å²) < 4.78 is 13.0. The summed E-state index contributed by atoms with van der Waals surface area (Å²) in [6.07, 6.45) is 6.15. The Kier molecular flexibility index (Phi) is 9.14. The van der Waals surface area contributed by atoms with Crippen LogP contribution in [0.3, 0.4) is 0 Å². The highest BCUT2D eigenvalue weighted by molar-refractivity contribution is 8.77. The molecule has 2 aliphatic heterocycles. The van der Waals surface area contributed by atoms with E-state index in [1.54, 1.807) is 12.1 Å². The predicted molar refractivity (Wildman–Crippen MR) is 120 cm³/mol. The maximum absolute atomic E-state index is 13.0. The van der Waals surface area contributed by atoms with E-state index in [0.717, 1.165) is 37.6 Å². The third-order valence-electron chi connectivity index (χ3n) is 5.33. The quantitative estimate of drug-likeness (QED) is 0.490. The third kappa shape index (κ3) is 7.83. The molecular weight excluding hydrogens is 409 g/mol. The first-order valence-electron chi connectivity index (χ1n) is 10.4. The second kappa shape index (κ2) is 11.8. The molecule has 2 amide bonds. The van der Waals surface area contributed by atoms with E-state index in [1.165, 1.54) is 30.7 Å². The number of anilines is 1. The first-order valence-corrected chi connectivity index (χ1v) is 12.8. The first kappa shape index (κ1) is 22.4.